The van der Waals surface area contributed by atoms with Crippen molar-refractivity contribution in [3.8, 4) is 5.75 Å². The first kappa shape index (κ1) is 33.5. The number of fused-ring (bicyclic) bond motifs is 5. The molecule has 1 saturated heterocycles. The monoisotopic (exact) mass is 612 g/mol. The van der Waals surface area contributed by atoms with Gasteiger partial charge in [-0.1, -0.05) is 72.3 Å². The van der Waals surface area contributed by atoms with Crippen molar-refractivity contribution in [2.24, 2.45) is 23.2 Å². The molecule has 0 amide bonds. The largest absolute Gasteiger partial charge is 0.543 e. The summed E-state index contributed by atoms with van der Waals surface area (Å²) in [6.07, 6.45) is 19.7. The Labute approximate surface area is 265 Å². The van der Waals surface area contributed by atoms with Crippen LogP contribution in [0.5, 0.6) is 5.75 Å². The van der Waals surface area contributed by atoms with Gasteiger partial charge in [0.05, 0.1) is 6.10 Å². The van der Waals surface area contributed by atoms with Crippen LogP contribution in [0.25, 0.3) is 0 Å². The van der Waals surface area contributed by atoms with E-state index in [2.05, 4.69) is 59.0 Å². The van der Waals surface area contributed by atoms with Crippen molar-refractivity contribution in [3.63, 3.8) is 0 Å². The molecule has 244 valence electrons. The fourth-order valence-corrected chi connectivity index (χ4v) is 9.97. The first-order chi connectivity index (χ1) is 20.5. The van der Waals surface area contributed by atoms with Crippen LogP contribution < -0.4 is 4.43 Å². The summed E-state index contributed by atoms with van der Waals surface area (Å²) in [5, 5.41) is 11.8. The number of hydrogen-bond acceptors (Lipinski definition) is 4. The van der Waals surface area contributed by atoms with Gasteiger partial charge in [0.25, 0.3) is 0 Å². The van der Waals surface area contributed by atoms with Crippen LogP contribution in [-0.4, -0.2) is 39.0 Å². The first-order valence-electron chi connectivity index (χ1n) is 18.2. The first-order valence-corrected chi connectivity index (χ1v) is 21.1. The van der Waals surface area contributed by atoms with Crippen LogP contribution in [0, 0.1) is 23.2 Å². The fourth-order valence-electron chi connectivity index (χ4n) is 8.95. The fraction of sp³-hybridized carbons (Fsp3) is 0.842. The number of aryl methyl sites for hydroxylation is 1. The SMILES string of the molecule is CC(C)(C)[Si](C)(C)Oc1ccc2c(c1)CC[C@@H]1[C@@H]2CC[C@]2(C)[C@@H](O)C(CCCCCCCCCOC3CCCCO3)C[C@@H]12. The molecule has 0 radical (unpaired) electrons. The molecule has 3 fully saturated rings. The van der Waals surface area contributed by atoms with Crippen LogP contribution in [0.15, 0.2) is 18.2 Å². The Morgan fingerprint density at radius 3 is 2.44 bits per heavy atom. The molecule has 1 heterocycles. The van der Waals surface area contributed by atoms with Crippen molar-refractivity contribution in [3.05, 3.63) is 29.3 Å². The van der Waals surface area contributed by atoms with Gasteiger partial charge in [0.1, 0.15) is 5.75 Å². The van der Waals surface area contributed by atoms with Crippen molar-refractivity contribution in [1.82, 2.24) is 0 Å². The molecule has 2 saturated carbocycles. The van der Waals surface area contributed by atoms with Crippen molar-refractivity contribution in [1.29, 1.82) is 0 Å². The number of unbranched alkanes of at least 4 members (excludes halogenated alkanes) is 6. The second-order valence-corrected chi connectivity index (χ2v) is 21.3. The second-order valence-electron chi connectivity index (χ2n) is 16.6. The maximum atomic E-state index is 11.6. The Kier molecular flexibility index (Phi) is 11.1. The number of benzene rings is 1. The Balaban J connectivity index is 1.05. The van der Waals surface area contributed by atoms with E-state index in [1.807, 2.05) is 0 Å². The molecule has 1 aromatic carbocycles. The van der Waals surface area contributed by atoms with E-state index in [1.165, 1.54) is 95.5 Å². The molecule has 4 aliphatic rings. The summed E-state index contributed by atoms with van der Waals surface area (Å²) in [7, 11) is -1.84. The summed E-state index contributed by atoms with van der Waals surface area (Å²) in [5.41, 5.74) is 3.23. The van der Waals surface area contributed by atoms with Crippen LogP contribution >= 0.6 is 0 Å². The molecule has 1 aromatic rings. The molecule has 4 nitrogen and oxygen atoms in total. The van der Waals surface area contributed by atoms with Crippen molar-refractivity contribution >= 4 is 8.32 Å². The highest BCUT2D eigenvalue weighted by Gasteiger charge is 2.57. The lowest BCUT2D eigenvalue weighted by atomic mass is 9.55. The quantitative estimate of drug-likeness (QED) is 0.178. The average molecular weight is 613 g/mol. The molecule has 2 unspecified atom stereocenters. The molecular formula is C38H64O4Si. The van der Waals surface area contributed by atoms with Crippen molar-refractivity contribution in [2.75, 3.05) is 13.2 Å². The summed E-state index contributed by atoms with van der Waals surface area (Å²) in [6, 6.07) is 7.06. The van der Waals surface area contributed by atoms with Crippen LogP contribution in [-0.2, 0) is 15.9 Å². The van der Waals surface area contributed by atoms with E-state index in [0.717, 1.165) is 37.7 Å². The normalized spacial score (nSPS) is 32.6. The minimum atomic E-state index is -1.84. The summed E-state index contributed by atoms with van der Waals surface area (Å²) >= 11 is 0. The summed E-state index contributed by atoms with van der Waals surface area (Å²) in [5.74, 6) is 3.64. The van der Waals surface area contributed by atoms with E-state index in [-0.39, 0.29) is 22.8 Å². The maximum Gasteiger partial charge on any atom is 0.250 e. The van der Waals surface area contributed by atoms with Gasteiger partial charge >= 0.3 is 0 Å². The van der Waals surface area contributed by atoms with Crippen LogP contribution in [0.2, 0.25) is 18.1 Å². The molecule has 5 heteroatoms. The highest BCUT2D eigenvalue weighted by atomic mass is 28.4. The minimum Gasteiger partial charge on any atom is -0.543 e. The zero-order chi connectivity index (χ0) is 30.7. The molecule has 1 N–H and O–H groups in total. The standard InChI is InChI=1S/C38H64O4Si/c1-37(2,3)43(5,6)42-30-19-21-31-28(26-30)18-20-33-32(31)22-23-38(4)34(33)27-29(36(38)39)16-12-10-8-7-9-11-14-24-40-35-17-13-15-25-41-35/h19,21,26,29,32-36,39H,7-18,20,22-25,27H2,1-6H3/t29?,32-,33-,34+,35?,36+,38+/m1/s1. The highest BCUT2D eigenvalue weighted by molar-refractivity contribution is 6.74. The van der Waals surface area contributed by atoms with Gasteiger partial charge in [-0.25, -0.2) is 0 Å². The molecule has 0 spiro atoms. The number of rotatable bonds is 13. The van der Waals surface area contributed by atoms with Gasteiger partial charge in [-0.05, 0) is 135 Å². The summed E-state index contributed by atoms with van der Waals surface area (Å²) < 4.78 is 18.2. The predicted octanol–water partition coefficient (Wildman–Crippen LogP) is 10.2. The second kappa shape index (κ2) is 14.3. The zero-order valence-electron chi connectivity index (χ0n) is 28.6. The lowest BCUT2D eigenvalue weighted by Crippen LogP contribution is -2.44. The van der Waals surface area contributed by atoms with E-state index < -0.39 is 8.32 Å². The van der Waals surface area contributed by atoms with Crippen molar-refractivity contribution < 1.29 is 19.0 Å². The third kappa shape index (κ3) is 7.75. The van der Waals surface area contributed by atoms with Crippen molar-refractivity contribution in [2.45, 2.75) is 167 Å². The van der Waals surface area contributed by atoms with Crippen LogP contribution in [0.4, 0.5) is 0 Å². The number of ether oxygens (including phenoxy) is 2. The lowest BCUT2D eigenvalue weighted by molar-refractivity contribution is -0.162. The minimum absolute atomic E-state index is 0.0614. The van der Waals surface area contributed by atoms with E-state index in [4.69, 9.17) is 13.9 Å². The van der Waals surface area contributed by atoms with Crippen LogP contribution in [0.3, 0.4) is 0 Å². The molecule has 43 heavy (non-hydrogen) atoms. The van der Waals surface area contributed by atoms with Gasteiger partial charge in [0, 0.05) is 13.2 Å². The Morgan fingerprint density at radius 2 is 1.72 bits per heavy atom. The number of aliphatic hydroxyl groups excluding tert-OH is 1. The molecular weight excluding hydrogens is 549 g/mol. The molecule has 1 aliphatic heterocycles. The third-order valence-corrected chi connectivity index (χ3v) is 17.0. The Hall–Kier alpha value is -0.883. The zero-order valence-corrected chi connectivity index (χ0v) is 29.6. The predicted molar refractivity (Wildman–Crippen MR) is 180 cm³/mol. The lowest BCUT2D eigenvalue weighted by Gasteiger charge is -2.50. The highest BCUT2D eigenvalue weighted by Crippen LogP contribution is 2.63. The van der Waals surface area contributed by atoms with Gasteiger partial charge in [-0.15, -0.1) is 0 Å². The molecule has 7 atom stereocenters. The van der Waals surface area contributed by atoms with E-state index in [9.17, 15) is 5.11 Å². The van der Waals surface area contributed by atoms with E-state index in [1.54, 1.807) is 5.56 Å². The Bertz CT molecular complexity index is 1030. The van der Waals surface area contributed by atoms with Gasteiger partial charge in [-0.2, -0.15) is 0 Å². The van der Waals surface area contributed by atoms with Gasteiger partial charge in [-0.3, -0.25) is 0 Å². The molecule has 3 aliphatic carbocycles. The van der Waals surface area contributed by atoms with E-state index >= 15 is 0 Å². The number of hydrogen-bond donors (Lipinski definition) is 1. The van der Waals surface area contributed by atoms with E-state index in [0.29, 0.717) is 17.8 Å². The third-order valence-electron chi connectivity index (χ3n) is 12.7. The molecule has 0 aromatic heterocycles. The van der Waals surface area contributed by atoms with Gasteiger partial charge < -0.3 is 19.0 Å². The molecule has 5 rings (SSSR count). The summed E-state index contributed by atoms with van der Waals surface area (Å²) in [4.78, 5) is 0. The maximum absolute atomic E-state index is 11.6. The molecule has 0 bridgehead atoms. The summed E-state index contributed by atoms with van der Waals surface area (Å²) in [6.45, 7) is 15.8. The Morgan fingerprint density at radius 1 is 0.977 bits per heavy atom. The average Bonchev–Trinajstić information content (AvgIpc) is 3.23. The number of aliphatic hydroxyl groups is 1. The van der Waals surface area contributed by atoms with Gasteiger partial charge in [0.2, 0.25) is 8.32 Å². The topological polar surface area (TPSA) is 47.9 Å². The van der Waals surface area contributed by atoms with Gasteiger partial charge in [0.15, 0.2) is 6.29 Å². The van der Waals surface area contributed by atoms with Crippen LogP contribution in [0.1, 0.15) is 141 Å². The smallest absolute Gasteiger partial charge is 0.250 e.